The first-order valence-electron chi connectivity index (χ1n) is 6.30. The number of ether oxygens (including phenoxy) is 1. The average molecular weight is 267 g/mol. The van der Waals surface area contributed by atoms with Crippen LogP contribution in [0.3, 0.4) is 0 Å². The lowest BCUT2D eigenvalue weighted by molar-refractivity contribution is 0.0595. The summed E-state index contributed by atoms with van der Waals surface area (Å²) < 4.78 is 4.65. The van der Waals surface area contributed by atoms with Gasteiger partial charge in [-0.05, 0) is 19.3 Å². The number of rotatable bonds is 4. The molecule has 0 spiro atoms. The first kappa shape index (κ1) is 11.9. The van der Waals surface area contributed by atoms with E-state index in [0.29, 0.717) is 11.7 Å². The minimum absolute atomic E-state index is 0.370. The van der Waals surface area contributed by atoms with Crippen molar-refractivity contribution < 1.29 is 9.53 Å². The van der Waals surface area contributed by atoms with Crippen molar-refractivity contribution in [1.82, 2.24) is 9.88 Å². The van der Waals surface area contributed by atoms with Crippen molar-refractivity contribution in [3.63, 3.8) is 0 Å². The van der Waals surface area contributed by atoms with Crippen molar-refractivity contribution in [2.24, 2.45) is 0 Å². The standard InChI is InChI=1S/C12H17N3O2S/c1-17-11(16)10-7-18-12(14-10)13-8-4-5-15(6-8)9-2-3-9/h7-9H,2-6H2,1H3,(H,13,14). The third-order valence-corrected chi connectivity index (χ3v) is 4.28. The minimum atomic E-state index is -0.370. The number of nitrogens with one attached hydrogen (secondary N) is 1. The number of aromatic nitrogens is 1. The van der Waals surface area contributed by atoms with E-state index in [-0.39, 0.29) is 5.97 Å². The van der Waals surface area contributed by atoms with Gasteiger partial charge in [0, 0.05) is 30.6 Å². The highest BCUT2D eigenvalue weighted by Crippen LogP contribution is 2.30. The lowest BCUT2D eigenvalue weighted by Gasteiger charge is -2.15. The summed E-state index contributed by atoms with van der Waals surface area (Å²) in [5.74, 6) is -0.370. The Morgan fingerprint density at radius 3 is 3.11 bits per heavy atom. The minimum Gasteiger partial charge on any atom is -0.464 e. The van der Waals surface area contributed by atoms with Gasteiger partial charge in [-0.1, -0.05) is 0 Å². The normalized spacial score (nSPS) is 24.2. The maximum atomic E-state index is 11.3. The van der Waals surface area contributed by atoms with Crippen LogP contribution in [-0.2, 0) is 4.74 Å². The van der Waals surface area contributed by atoms with Gasteiger partial charge in [-0.25, -0.2) is 9.78 Å². The molecule has 1 saturated carbocycles. The van der Waals surface area contributed by atoms with Gasteiger partial charge in [-0.2, -0.15) is 0 Å². The molecule has 1 atom stereocenters. The van der Waals surface area contributed by atoms with Crippen LogP contribution in [0.2, 0.25) is 0 Å². The summed E-state index contributed by atoms with van der Waals surface area (Å²) in [6, 6.07) is 1.29. The number of methoxy groups -OCH3 is 1. The molecule has 1 aliphatic carbocycles. The monoisotopic (exact) mass is 267 g/mol. The molecule has 6 heteroatoms. The Hall–Kier alpha value is -1.14. The molecule has 1 aromatic heterocycles. The highest BCUT2D eigenvalue weighted by Gasteiger charge is 2.34. The number of carbonyl (C=O) groups excluding carboxylic acids is 1. The lowest BCUT2D eigenvalue weighted by atomic mass is 10.3. The molecular weight excluding hydrogens is 250 g/mol. The van der Waals surface area contributed by atoms with E-state index in [9.17, 15) is 4.79 Å². The smallest absolute Gasteiger partial charge is 0.357 e. The second-order valence-electron chi connectivity index (χ2n) is 4.89. The molecule has 1 unspecified atom stereocenters. The summed E-state index contributed by atoms with van der Waals surface area (Å²) in [6.07, 6.45) is 3.87. The molecule has 5 nitrogen and oxygen atoms in total. The van der Waals surface area contributed by atoms with Crippen molar-refractivity contribution in [1.29, 1.82) is 0 Å². The van der Waals surface area contributed by atoms with Gasteiger partial charge in [-0.15, -0.1) is 11.3 Å². The van der Waals surface area contributed by atoms with E-state index < -0.39 is 0 Å². The third-order valence-electron chi connectivity index (χ3n) is 3.51. The van der Waals surface area contributed by atoms with Gasteiger partial charge in [-0.3, -0.25) is 4.90 Å². The summed E-state index contributed by atoms with van der Waals surface area (Å²) in [6.45, 7) is 2.27. The van der Waals surface area contributed by atoms with Crippen LogP contribution in [0.1, 0.15) is 29.8 Å². The van der Waals surface area contributed by atoms with E-state index in [1.54, 1.807) is 5.38 Å². The van der Waals surface area contributed by atoms with Gasteiger partial charge >= 0.3 is 5.97 Å². The second kappa shape index (κ2) is 4.85. The Kier molecular flexibility index (Phi) is 3.22. The first-order valence-corrected chi connectivity index (χ1v) is 7.18. The molecule has 0 aromatic carbocycles. The largest absolute Gasteiger partial charge is 0.464 e. The van der Waals surface area contributed by atoms with E-state index in [2.05, 4.69) is 19.9 Å². The van der Waals surface area contributed by atoms with Crippen LogP contribution in [0, 0.1) is 0 Å². The average Bonchev–Trinajstić information content (AvgIpc) is 2.96. The summed E-state index contributed by atoms with van der Waals surface area (Å²) in [7, 11) is 1.37. The van der Waals surface area contributed by atoms with Crippen LogP contribution in [0.25, 0.3) is 0 Å². The number of anilines is 1. The molecule has 0 bridgehead atoms. The Bertz CT molecular complexity index is 444. The molecular formula is C12H17N3O2S. The zero-order chi connectivity index (χ0) is 12.5. The van der Waals surface area contributed by atoms with Gasteiger partial charge in [0.1, 0.15) is 0 Å². The molecule has 1 N–H and O–H groups in total. The lowest BCUT2D eigenvalue weighted by Crippen LogP contribution is -2.27. The van der Waals surface area contributed by atoms with Gasteiger partial charge < -0.3 is 10.1 Å². The molecule has 0 amide bonds. The summed E-state index contributed by atoms with van der Waals surface area (Å²) in [5.41, 5.74) is 0.391. The van der Waals surface area contributed by atoms with Crippen LogP contribution in [-0.4, -0.2) is 48.1 Å². The fourth-order valence-corrected chi connectivity index (χ4v) is 3.15. The molecule has 1 aliphatic heterocycles. The Labute approximate surface area is 110 Å². The number of esters is 1. The van der Waals surface area contributed by atoms with Gasteiger partial charge in [0.05, 0.1) is 7.11 Å². The molecule has 0 radical (unpaired) electrons. The molecule has 1 aromatic rings. The topological polar surface area (TPSA) is 54.5 Å². The summed E-state index contributed by atoms with van der Waals surface area (Å²) in [4.78, 5) is 18.1. The zero-order valence-electron chi connectivity index (χ0n) is 10.4. The second-order valence-corrected chi connectivity index (χ2v) is 5.74. The van der Waals surface area contributed by atoms with Crippen LogP contribution in [0.15, 0.2) is 5.38 Å². The van der Waals surface area contributed by atoms with Crippen LogP contribution in [0.5, 0.6) is 0 Å². The van der Waals surface area contributed by atoms with E-state index in [0.717, 1.165) is 24.1 Å². The van der Waals surface area contributed by atoms with Gasteiger partial charge in [0.15, 0.2) is 10.8 Å². The van der Waals surface area contributed by atoms with E-state index in [1.165, 1.54) is 37.8 Å². The summed E-state index contributed by atoms with van der Waals surface area (Å²) >= 11 is 1.46. The van der Waals surface area contributed by atoms with Crippen molar-refractivity contribution in [2.45, 2.75) is 31.3 Å². The Balaban J connectivity index is 1.56. The molecule has 2 heterocycles. The van der Waals surface area contributed by atoms with Crippen molar-refractivity contribution in [3.05, 3.63) is 11.1 Å². The number of thiazole rings is 1. The predicted octanol–water partition coefficient (Wildman–Crippen LogP) is 1.58. The fourth-order valence-electron chi connectivity index (χ4n) is 2.39. The quantitative estimate of drug-likeness (QED) is 0.839. The number of likely N-dealkylation sites (tertiary alicyclic amines) is 1. The van der Waals surface area contributed by atoms with Crippen molar-refractivity contribution >= 4 is 22.4 Å². The highest BCUT2D eigenvalue weighted by molar-refractivity contribution is 7.13. The van der Waals surface area contributed by atoms with E-state index >= 15 is 0 Å². The summed E-state index contributed by atoms with van der Waals surface area (Å²) in [5, 5.41) is 5.97. The maximum absolute atomic E-state index is 11.3. The molecule has 1 saturated heterocycles. The van der Waals surface area contributed by atoms with Crippen molar-refractivity contribution in [3.8, 4) is 0 Å². The molecule has 3 rings (SSSR count). The number of hydrogen-bond donors (Lipinski definition) is 1. The number of hydrogen-bond acceptors (Lipinski definition) is 6. The number of carbonyl (C=O) groups is 1. The fraction of sp³-hybridized carbons (Fsp3) is 0.667. The molecule has 2 aliphatic rings. The van der Waals surface area contributed by atoms with Gasteiger partial charge in [0.2, 0.25) is 0 Å². The Morgan fingerprint density at radius 2 is 2.39 bits per heavy atom. The predicted molar refractivity (Wildman–Crippen MR) is 70.1 cm³/mol. The van der Waals surface area contributed by atoms with Gasteiger partial charge in [0.25, 0.3) is 0 Å². The molecule has 98 valence electrons. The molecule has 18 heavy (non-hydrogen) atoms. The third kappa shape index (κ3) is 2.49. The van der Waals surface area contributed by atoms with Crippen LogP contribution < -0.4 is 5.32 Å². The highest BCUT2D eigenvalue weighted by atomic mass is 32.1. The van der Waals surface area contributed by atoms with Crippen molar-refractivity contribution in [2.75, 3.05) is 25.5 Å². The SMILES string of the molecule is COC(=O)c1csc(NC2CCN(C3CC3)C2)n1. The Morgan fingerprint density at radius 1 is 1.56 bits per heavy atom. The molecule has 2 fully saturated rings. The zero-order valence-corrected chi connectivity index (χ0v) is 11.2. The number of nitrogens with zero attached hydrogens (tertiary/aromatic N) is 2. The van der Waals surface area contributed by atoms with E-state index in [4.69, 9.17) is 0 Å². The maximum Gasteiger partial charge on any atom is 0.357 e. The van der Waals surface area contributed by atoms with Crippen LogP contribution in [0.4, 0.5) is 5.13 Å². The first-order chi connectivity index (χ1) is 8.76. The van der Waals surface area contributed by atoms with Crippen LogP contribution >= 0.6 is 11.3 Å². The van der Waals surface area contributed by atoms with E-state index in [1.807, 2.05) is 0 Å².